The van der Waals surface area contributed by atoms with Crippen molar-refractivity contribution in [3.05, 3.63) is 17.5 Å². The highest BCUT2D eigenvalue weighted by Crippen LogP contribution is 2.42. The number of likely N-dealkylation sites (tertiary alicyclic amines) is 1. The third kappa shape index (κ3) is 2.04. The number of aryl methyl sites for hydroxylation is 1. The van der Waals surface area contributed by atoms with Crippen molar-refractivity contribution in [1.29, 1.82) is 0 Å². The lowest BCUT2D eigenvalue weighted by molar-refractivity contribution is -0.143. The van der Waals surface area contributed by atoms with E-state index in [0.29, 0.717) is 0 Å². The van der Waals surface area contributed by atoms with Crippen LogP contribution in [0.25, 0.3) is 0 Å². The molecule has 1 saturated carbocycles. The molecule has 2 aliphatic rings. The number of carbonyl (C=O) groups excluding carboxylic acids is 1. The number of nitrogens with two attached hydrogens (primary N) is 1. The van der Waals surface area contributed by atoms with Crippen molar-refractivity contribution in [2.75, 3.05) is 6.54 Å². The van der Waals surface area contributed by atoms with Crippen LogP contribution in [0.4, 0.5) is 0 Å². The molecular formula is C15H23N3O2. The lowest BCUT2D eigenvalue weighted by Gasteiger charge is -2.34. The lowest BCUT2D eigenvalue weighted by Crippen LogP contribution is -2.48. The summed E-state index contributed by atoms with van der Waals surface area (Å²) in [7, 11) is 0. The van der Waals surface area contributed by atoms with Crippen molar-refractivity contribution in [2.24, 2.45) is 11.1 Å². The maximum atomic E-state index is 13.0. The van der Waals surface area contributed by atoms with E-state index >= 15 is 0 Å². The Bertz CT molecular complexity index is 513. The van der Waals surface area contributed by atoms with E-state index in [-0.39, 0.29) is 18.0 Å². The zero-order chi connectivity index (χ0) is 14.3. The van der Waals surface area contributed by atoms with E-state index in [0.717, 1.165) is 50.1 Å². The van der Waals surface area contributed by atoms with Gasteiger partial charge in [-0.2, -0.15) is 0 Å². The molecule has 0 aromatic carbocycles. The predicted octanol–water partition coefficient (Wildman–Crippen LogP) is 2.16. The van der Waals surface area contributed by atoms with E-state index in [1.165, 1.54) is 0 Å². The molecule has 1 aliphatic heterocycles. The van der Waals surface area contributed by atoms with E-state index in [1.807, 2.05) is 24.8 Å². The first-order valence-corrected chi connectivity index (χ1v) is 7.52. The largest absolute Gasteiger partial charge is 0.359 e. The van der Waals surface area contributed by atoms with Gasteiger partial charge in [-0.15, -0.1) is 0 Å². The fourth-order valence-corrected chi connectivity index (χ4v) is 3.63. The van der Waals surface area contributed by atoms with Gasteiger partial charge in [0.15, 0.2) is 5.76 Å². The van der Waals surface area contributed by atoms with Crippen molar-refractivity contribution in [1.82, 2.24) is 10.1 Å². The normalized spacial score (nSPS) is 33.9. The zero-order valence-electron chi connectivity index (χ0n) is 12.3. The molecule has 1 aromatic rings. The summed E-state index contributed by atoms with van der Waals surface area (Å²) in [4.78, 5) is 14.9. The highest BCUT2D eigenvalue weighted by atomic mass is 16.5. The summed E-state index contributed by atoms with van der Waals surface area (Å²) in [5, 5.41) is 3.95. The summed E-state index contributed by atoms with van der Waals surface area (Å²) in [5.74, 6) is 1.00. The third-order valence-corrected chi connectivity index (χ3v) is 5.01. The van der Waals surface area contributed by atoms with Crippen LogP contribution in [0.2, 0.25) is 0 Å². The molecule has 0 spiro atoms. The van der Waals surface area contributed by atoms with E-state index in [4.69, 9.17) is 10.3 Å². The summed E-state index contributed by atoms with van der Waals surface area (Å²) in [6, 6.07) is 1.95. The van der Waals surface area contributed by atoms with Gasteiger partial charge in [0, 0.05) is 18.7 Å². The van der Waals surface area contributed by atoms with Crippen LogP contribution < -0.4 is 5.73 Å². The van der Waals surface area contributed by atoms with Gasteiger partial charge in [-0.1, -0.05) is 11.6 Å². The topological polar surface area (TPSA) is 72.4 Å². The van der Waals surface area contributed by atoms with Gasteiger partial charge < -0.3 is 15.2 Å². The smallest absolute Gasteiger partial charge is 0.230 e. The van der Waals surface area contributed by atoms with Gasteiger partial charge in [0.25, 0.3) is 0 Å². The van der Waals surface area contributed by atoms with Gasteiger partial charge in [0.2, 0.25) is 5.91 Å². The SMILES string of the molecule is Cc1cc(C2CCCN2C(=O)C2(C)CCCC2N)on1. The molecule has 1 saturated heterocycles. The quantitative estimate of drug-likeness (QED) is 0.899. The van der Waals surface area contributed by atoms with Gasteiger partial charge in [-0.3, -0.25) is 4.79 Å². The first kappa shape index (κ1) is 13.6. The molecule has 1 aliphatic carbocycles. The van der Waals surface area contributed by atoms with Crippen LogP contribution in [0.1, 0.15) is 56.5 Å². The Labute approximate surface area is 119 Å². The molecule has 2 heterocycles. The summed E-state index contributed by atoms with van der Waals surface area (Å²) in [5.41, 5.74) is 6.65. The standard InChI is InChI=1S/C15H23N3O2/c1-10-9-12(20-17-10)11-5-4-8-18(11)14(19)15(2)7-3-6-13(15)16/h9,11,13H,3-8,16H2,1-2H3. The van der Waals surface area contributed by atoms with Crippen LogP contribution in [0, 0.1) is 12.3 Å². The first-order valence-electron chi connectivity index (χ1n) is 7.52. The van der Waals surface area contributed by atoms with Gasteiger partial charge in [0.05, 0.1) is 17.2 Å². The molecule has 3 unspecified atom stereocenters. The maximum Gasteiger partial charge on any atom is 0.230 e. The number of amides is 1. The Morgan fingerprint density at radius 2 is 2.30 bits per heavy atom. The molecule has 0 bridgehead atoms. The number of hydrogen-bond donors (Lipinski definition) is 1. The van der Waals surface area contributed by atoms with Crippen molar-refractivity contribution >= 4 is 5.91 Å². The van der Waals surface area contributed by atoms with Crippen LogP contribution in [-0.4, -0.2) is 28.6 Å². The minimum absolute atomic E-state index is 0.0206. The molecule has 1 amide bonds. The summed E-state index contributed by atoms with van der Waals surface area (Å²) in [6.07, 6.45) is 4.85. The molecule has 0 radical (unpaired) electrons. The fourth-order valence-electron chi connectivity index (χ4n) is 3.63. The molecule has 3 rings (SSSR count). The molecule has 5 heteroatoms. The summed E-state index contributed by atoms with van der Waals surface area (Å²) in [6.45, 7) is 4.72. The second-order valence-corrected chi connectivity index (χ2v) is 6.44. The van der Waals surface area contributed by atoms with E-state index in [1.54, 1.807) is 0 Å². The van der Waals surface area contributed by atoms with Crippen molar-refractivity contribution < 1.29 is 9.32 Å². The van der Waals surface area contributed by atoms with E-state index in [2.05, 4.69) is 5.16 Å². The highest BCUT2D eigenvalue weighted by Gasteiger charge is 2.47. The third-order valence-electron chi connectivity index (χ3n) is 5.01. The molecule has 2 fully saturated rings. The second kappa shape index (κ2) is 4.88. The van der Waals surface area contributed by atoms with E-state index in [9.17, 15) is 4.79 Å². The number of nitrogens with zero attached hydrogens (tertiary/aromatic N) is 2. The monoisotopic (exact) mass is 277 g/mol. The molecule has 5 nitrogen and oxygen atoms in total. The molecule has 2 N–H and O–H groups in total. The average Bonchev–Trinajstić information content (AvgIpc) is 3.11. The first-order chi connectivity index (χ1) is 9.52. The van der Waals surface area contributed by atoms with E-state index < -0.39 is 5.41 Å². The minimum Gasteiger partial charge on any atom is -0.359 e. The summed E-state index contributed by atoms with van der Waals surface area (Å²) >= 11 is 0. The Balaban J connectivity index is 1.83. The van der Waals surface area contributed by atoms with Gasteiger partial charge in [-0.05, 0) is 39.5 Å². The molecule has 1 aromatic heterocycles. The highest BCUT2D eigenvalue weighted by molar-refractivity contribution is 5.84. The Morgan fingerprint density at radius 1 is 1.50 bits per heavy atom. The lowest BCUT2D eigenvalue weighted by atomic mass is 9.83. The summed E-state index contributed by atoms with van der Waals surface area (Å²) < 4.78 is 5.38. The number of rotatable bonds is 2. The Kier molecular flexibility index (Phi) is 3.32. The molecule has 20 heavy (non-hydrogen) atoms. The number of aromatic nitrogens is 1. The number of hydrogen-bond acceptors (Lipinski definition) is 4. The van der Waals surface area contributed by atoms with Gasteiger partial charge >= 0.3 is 0 Å². The Morgan fingerprint density at radius 3 is 2.90 bits per heavy atom. The van der Waals surface area contributed by atoms with Gasteiger partial charge in [0.1, 0.15) is 0 Å². The molecule has 3 atom stereocenters. The van der Waals surface area contributed by atoms with Crippen molar-refractivity contribution in [3.63, 3.8) is 0 Å². The average molecular weight is 277 g/mol. The maximum absolute atomic E-state index is 13.0. The Hall–Kier alpha value is -1.36. The fraction of sp³-hybridized carbons (Fsp3) is 0.733. The van der Waals surface area contributed by atoms with Crippen molar-refractivity contribution in [3.8, 4) is 0 Å². The zero-order valence-corrected chi connectivity index (χ0v) is 12.3. The molecular weight excluding hydrogens is 254 g/mol. The van der Waals surface area contributed by atoms with Crippen molar-refractivity contribution in [2.45, 2.75) is 58.0 Å². The second-order valence-electron chi connectivity index (χ2n) is 6.44. The molecule has 110 valence electrons. The minimum atomic E-state index is -0.405. The van der Waals surface area contributed by atoms with Gasteiger partial charge in [-0.25, -0.2) is 0 Å². The predicted molar refractivity (Wildman–Crippen MR) is 74.9 cm³/mol. The van der Waals surface area contributed by atoms with Crippen LogP contribution in [0.3, 0.4) is 0 Å². The number of carbonyl (C=O) groups is 1. The van der Waals surface area contributed by atoms with Crippen LogP contribution in [0.15, 0.2) is 10.6 Å². The van der Waals surface area contributed by atoms with Crippen LogP contribution in [0.5, 0.6) is 0 Å². The van der Waals surface area contributed by atoms with Crippen LogP contribution in [-0.2, 0) is 4.79 Å². The van der Waals surface area contributed by atoms with Crippen LogP contribution >= 0.6 is 0 Å².